The molecule has 1 aliphatic heterocycles. The number of nitrogens with one attached hydrogen (secondary N) is 1. The number of rotatable bonds is 5. The topological polar surface area (TPSA) is 108 Å². The highest BCUT2D eigenvalue weighted by Gasteiger charge is 2.36. The molecule has 7 nitrogen and oxygen atoms in total. The normalized spacial score (nSPS) is 23.2. The average molecular weight is 292 g/mol. The maximum Gasteiger partial charge on any atom is 0.280 e. The van der Waals surface area contributed by atoms with E-state index in [1.807, 2.05) is 0 Å². The molecule has 0 aromatic heterocycles. The van der Waals surface area contributed by atoms with Gasteiger partial charge in [-0.3, -0.25) is 0 Å². The fourth-order valence-corrected chi connectivity index (χ4v) is 3.63. The highest BCUT2D eigenvalue weighted by atomic mass is 32.2. The van der Waals surface area contributed by atoms with E-state index in [1.165, 1.54) is 4.31 Å². The number of oxime groups is 1. The summed E-state index contributed by atoms with van der Waals surface area (Å²) in [6.45, 7) is 6.51. The van der Waals surface area contributed by atoms with Crippen molar-refractivity contribution in [1.82, 2.24) is 9.03 Å². The van der Waals surface area contributed by atoms with E-state index in [2.05, 4.69) is 16.8 Å². The van der Waals surface area contributed by atoms with Gasteiger partial charge >= 0.3 is 0 Å². The van der Waals surface area contributed by atoms with Gasteiger partial charge in [0.25, 0.3) is 10.2 Å². The molecule has 1 atom stereocenters. The lowest BCUT2D eigenvalue weighted by Gasteiger charge is -2.34. The van der Waals surface area contributed by atoms with Gasteiger partial charge in [-0.2, -0.15) is 17.4 Å². The molecule has 0 bridgehead atoms. The summed E-state index contributed by atoms with van der Waals surface area (Å²) in [4.78, 5) is 0. The van der Waals surface area contributed by atoms with Gasteiger partial charge in [0, 0.05) is 13.1 Å². The maximum atomic E-state index is 12.3. The maximum absolute atomic E-state index is 12.3. The molecule has 0 amide bonds. The fourth-order valence-electron chi connectivity index (χ4n) is 1.99. The van der Waals surface area contributed by atoms with Gasteiger partial charge in [-0.05, 0) is 32.1 Å². The Kier molecular flexibility index (Phi) is 5.17. The molecule has 0 aromatic rings. The second-order valence-corrected chi connectivity index (χ2v) is 7.03. The van der Waals surface area contributed by atoms with E-state index in [0.29, 0.717) is 25.4 Å². The Bertz CT molecular complexity index is 429. The van der Waals surface area contributed by atoms with Crippen LogP contribution < -0.4 is 10.5 Å². The van der Waals surface area contributed by atoms with Gasteiger partial charge in [0.1, 0.15) is 0 Å². The third kappa shape index (κ3) is 3.80. The predicted molar refractivity (Wildman–Crippen MR) is 74.1 cm³/mol. The molecule has 1 aliphatic rings. The van der Waals surface area contributed by atoms with Crippen LogP contribution in [-0.2, 0) is 10.2 Å². The Balaban J connectivity index is 2.84. The molecule has 1 unspecified atom stereocenters. The number of nitrogens with zero attached hydrogens (tertiary/aromatic N) is 2. The Morgan fingerprint density at radius 1 is 1.53 bits per heavy atom. The van der Waals surface area contributed by atoms with E-state index < -0.39 is 15.7 Å². The molecule has 0 radical (unpaired) electrons. The van der Waals surface area contributed by atoms with Crippen molar-refractivity contribution in [2.45, 2.75) is 45.6 Å². The van der Waals surface area contributed by atoms with E-state index >= 15 is 0 Å². The van der Waals surface area contributed by atoms with E-state index in [4.69, 9.17) is 10.9 Å². The molecular weight excluding hydrogens is 268 g/mol. The molecule has 112 valence electrons. The number of nitrogens with two attached hydrogens (primary N) is 1. The van der Waals surface area contributed by atoms with Gasteiger partial charge in [0.05, 0.1) is 5.54 Å². The lowest BCUT2D eigenvalue weighted by atomic mass is 10.00. The SMILES string of the molecule is CCC(C)(NS(=O)(=O)N1CCC(C)CC1)/C(N)=N/O. The van der Waals surface area contributed by atoms with Crippen molar-refractivity contribution in [2.24, 2.45) is 16.8 Å². The second-order valence-electron chi connectivity index (χ2n) is 5.36. The van der Waals surface area contributed by atoms with Gasteiger partial charge in [-0.15, -0.1) is 0 Å². The summed E-state index contributed by atoms with van der Waals surface area (Å²) >= 11 is 0. The molecule has 1 fully saturated rings. The third-order valence-corrected chi connectivity index (χ3v) is 5.57. The van der Waals surface area contributed by atoms with E-state index in [0.717, 1.165) is 12.8 Å². The molecular formula is C11H24N4O3S. The van der Waals surface area contributed by atoms with Crippen molar-refractivity contribution in [3.05, 3.63) is 0 Å². The molecule has 1 saturated heterocycles. The zero-order valence-corrected chi connectivity index (χ0v) is 12.6. The summed E-state index contributed by atoms with van der Waals surface area (Å²) in [6, 6.07) is 0. The van der Waals surface area contributed by atoms with Gasteiger partial charge in [-0.1, -0.05) is 19.0 Å². The average Bonchev–Trinajstić information content (AvgIpc) is 2.37. The summed E-state index contributed by atoms with van der Waals surface area (Å²) < 4.78 is 28.6. The Morgan fingerprint density at radius 2 is 2.05 bits per heavy atom. The number of hydrogen-bond acceptors (Lipinski definition) is 4. The van der Waals surface area contributed by atoms with Crippen molar-refractivity contribution in [3.63, 3.8) is 0 Å². The van der Waals surface area contributed by atoms with Crippen LogP contribution in [0.4, 0.5) is 0 Å². The summed E-state index contributed by atoms with van der Waals surface area (Å²) in [5.41, 5.74) is 4.50. The first-order chi connectivity index (χ1) is 8.75. The fraction of sp³-hybridized carbons (Fsp3) is 0.909. The molecule has 0 aliphatic carbocycles. The highest BCUT2D eigenvalue weighted by molar-refractivity contribution is 7.87. The molecule has 8 heteroatoms. The van der Waals surface area contributed by atoms with Crippen molar-refractivity contribution >= 4 is 16.0 Å². The van der Waals surface area contributed by atoms with Crippen LogP contribution in [-0.4, -0.2) is 42.4 Å². The zero-order chi connectivity index (χ0) is 14.7. The number of amidine groups is 1. The van der Waals surface area contributed by atoms with Crippen LogP contribution in [0.15, 0.2) is 5.16 Å². The van der Waals surface area contributed by atoms with Gasteiger partial charge in [0.15, 0.2) is 5.84 Å². The van der Waals surface area contributed by atoms with Crippen molar-refractivity contribution < 1.29 is 13.6 Å². The summed E-state index contributed by atoms with van der Waals surface area (Å²) in [5.74, 6) is 0.414. The van der Waals surface area contributed by atoms with Gasteiger partial charge < -0.3 is 10.9 Å². The van der Waals surface area contributed by atoms with Crippen molar-refractivity contribution in [3.8, 4) is 0 Å². The van der Waals surface area contributed by atoms with E-state index in [1.54, 1.807) is 13.8 Å². The molecule has 0 saturated carbocycles. The quantitative estimate of drug-likeness (QED) is 0.296. The molecule has 4 N–H and O–H groups in total. The van der Waals surface area contributed by atoms with Crippen LogP contribution in [0.25, 0.3) is 0 Å². The Morgan fingerprint density at radius 3 is 2.47 bits per heavy atom. The first-order valence-corrected chi connectivity index (χ1v) is 7.96. The standard InChI is InChI=1S/C11H24N4O3S/c1-4-11(3,10(12)13-16)14-19(17,18)15-7-5-9(2)6-8-15/h9,14,16H,4-8H2,1-3H3,(H2,12,13). The highest BCUT2D eigenvalue weighted by Crippen LogP contribution is 2.20. The summed E-state index contributed by atoms with van der Waals surface area (Å²) in [7, 11) is -3.62. The van der Waals surface area contributed by atoms with Crippen LogP contribution in [0, 0.1) is 5.92 Å². The van der Waals surface area contributed by atoms with Crippen LogP contribution in [0.5, 0.6) is 0 Å². The van der Waals surface area contributed by atoms with E-state index in [9.17, 15) is 8.42 Å². The molecule has 0 aromatic carbocycles. The number of hydrogen-bond donors (Lipinski definition) is 3. The smallest absolute Gasteiger partial charge is 0.280 e. The van der Waals surface area contributed by atoms with Crippen LogP contribution >= 0.6 is 0 Å². The summed E-state index contributed by atoms with van der Waals surface area (Å²) in [6.07, 6.45) is 2.10. The third-order valence-electron chi connectivity index (χ3n) is 3.82. The first kappa shape index (κ1) is 16.2. The lowest BCUT2D eigenvalue weighted by Crippen LogP contribution is -2.59. The minimum absolute atomic E-state index is 0.135. The lowest BCUT2D eigenvalue weighted by molar-refractivity contribution is 0.280. The predicted octanol–water partition coefficient (Wildman–Crippen LogP) is 0.468. The van der Waals surface area contributed by atoms with Crippen LogP contribution in [0.1, 0.15) is 40.0 Å². The number of piperidine rings is 1. The van der Waals surface area contributed by atoms with Crippen LogP contribution in [0.3, 0.4) is 0 Å². The summed E-state index contributed by atoms with van der Waals surface area (Å²) in [5, 5.41) is 11.7. The minimum Gasteiger partial charge on any atom is -0.409 e. The first-order valence-electron chi connectivity index (χ1n) is 6.52. The Labute approximate surface area is 115 Å². The van der Waals surface area contributed by atoms with Crippen LogP contribution in [0.2, 0.25) is 0 Å². The molecule has 0 spiro atoms. The van der Waals surface area contributed by atoms with Gasteiger partial charge in [0.2, 0.25) is 0 Å². The van der Waals surface area contributed by atoms with Crippen molar-refractivity contribution in [1.29, 1.82) is 0 Å². The molecule has 19 heavy (non-hydrogen) atoms. The van der Waals surface area contributed by atoms with Gasteiger partial charge in [-0.25, -0.2) is 0 Å². The minimum atomic E-state index is -3.62. The van der Waals surface area contributed by atoms with E-state index in [-0.39, 0.29) is 5.84 Å². The zero-order valence-electron chi connectivity index (χ0n) is 11.8. The largest absolute Gasteiger partial charge is 0.409 e. The molecule has 1 heterocycles. The molecule has 1 rings (SSSR count). The monoisotopic (exact) mass is 292 g/mol. The van der Waals surface area contributed by atoms with Crippen molar-refractivity contribution in [2.75, 3.05) is 13.1 Å². The Hall–Kier alpha value is -0.860. The second kappa shape index (κ2) is 6.06.